The fourth-order valence-electron chi connectivity index (χ4n) is 7.13. The van der Waals surface area contributed by atoms with Gasteiger partial charge in [-0.15, -0.1) is 0 Å². The van der Waals surface area contributed by atoms with Crippen LogP contribution in [0.3, 0.4) is 0 Å². The highest BCUT2D eigenvalue weighted by molar-refractivity contribution is 6.23. The molecule has 0 radical (unpaired) electrons. The van der Waals surface area contributed by atoms with Crippen LogP contribution in [-0.4, -0.2) is 9.55 Å². The second kappa shape index (κ2) is 8.37. The molecule has 0 bridgehead atoms. The zero-order chi connectivity index (χ0) is 28.1. The predicted octanol–water partition coefficient (Wildman–Crippen LogP) is 11.1. The van der Waals surface area contributed by atoms with Crippen LogP contribution in [0.2, 0.25) is 0 Å². The summed E-state index contributed by atoms with van der Waals surface area (Å²) < 4.78 is 8.71. The van der Waals surface area contributed by atoms with E-state index in [0.717, 1.165) is 27.6 Å². The molecule has 1 N–H and O–H groups in total. The lowest BCUT2D eigenvalue weighted by molar-refractivity contribution is 0.669. The lowest BCUT2D eigenvalue weighted by Gasteiger charge is -2.08. The molecule has 7 aromatic carbocycles. The Balaban J connectivity index is 1.20. The molecule has 0 aliphatic carbocycles. The molecule has 0 atom stereocenters. The van der Waals surface area contributed by atoms with Crippen molar-refractivity contribution in [2.75, 3.05) is 0 Å². The van der Waals surface area contributed by atoms with Crippen LogP contribution >= 0.6 is 0 Å². The first kappa shape index (κ1) is 22.8. The molecule has 0 saturated heterocycles. The number of aromatic amines is 1. The number of nitrogens with zero attached hydrogens (tertiary/aromatic N) is 1. The molecule has 0 unspecified atom stereocenters. The number of H-pyrrole nitrogens is 1. The molecule has 10 rings (SSSR count). The van der Waals surface area contributed by atoms with E-state index in [-0.39, 0.29) is 0 Å². The minimum atomic E-state index is 0.908. The fourth-order valence-corrected chi connectivity index (χ4v) is 7.13. The third-order valence-electron chi connectivity index (χ3n) is 9.10. The number of furan rings is 1. The first-order chi connectivity index (χ1) is 21.3. The molecule has 200 valence electrons. The summed E-state index contributed by atoms with van der Waals surface area (Å²) in [5.41, 5.74) is 10.1. The van der Waals surface area contributed by atoms with Gasteiger partial charge in [-0.05, 0) is 76.5 Å². The lowest BCUT2D eigenvalue weighted by Crippen LogP contribution is -1.92. The van der Waals surface area contributed by atoms with Crippen LogP contribution < -0.4 is 0 Å². The van der Waals surface area contributed by atoms with Crippen molar-refractivity contribution in [1.29, 1.82) is 0 Å². The maximum Gasteiger partial charge on any atom is 0.137 e. The SMILES string of the molecule is c1ccc(-n2c3ccccc3c3cc(-c4ccc5[nH]c6cc7oc8ccc9ccccc9c8c7cc6c5c4)ccc32)cc1. The smallest absolute Gasteiger partial charge is 0.137 e. The van der Waals surface area contributed by atoms with Crippen molar-refractivity contribution in [1.82, 2.24) is 9.55 Å². The molecule has 3 aromatic heterocycles. The highest BCUT2D eigenvalue weighted by Crippen LogP contribution is 2.40. The molecule has 0 fully saturated rings. The highest BCUT2D eigenvalue weighted by Gasteiger charge is 2.16. The summed E-state index contributed by atoms with van der Waals surface area (Å²) in [5, 5.41) is 9.73. The Morgan fingerprint density at radius 3 is 2.07 bits per heavy atom. The third kappa shape index (κ3) is 3.19. The van der Waals surface area contributed by atoms with Crippen LogP contribution in [0.25, 0.3) is 93.1 Å². The van der Waals surface area contributed by atoms with Gasteiger partial charge in [0.05, 0.1) is 16.6 Å². The third-order valence-corrected chi connectivity index (χ3v) is 9.10. The normalized spacial score (nSPS) is 12.2. The van der Waals surface area contributed by atoms with Gasteiger partial charge in [0.25, 0.3) is 0 Å². The molecule has 0 aliphatic rings. The number of para-hydroxylation sites is 2. The number of hydrogen-bond acceptors (Lipinski definition) is 1. The van der Waals surface area contributed by atoms with E-state index in [1.165, 1.54) is 65.6 Å². The molecule has 43 heavy (non-hydrogen) atoms. The average molecular weight is 549 g/mol. The Labute approximate surface area is 246 Å². The van der Waals surface area contributed by atoms with Gasteiger partial charge in [0.15, 0.2) is 0 Å². The Bertz CT molecular complexity index is 2720. The zero-order valence-corrected chi connectivity index (χ0v) is 23.1. The Morgan fingerprint density at radius 2 is 1.16 bits per heavy atom. The molecule has 0 saturated carbocycles. The van der Waals surface area contributed by atoms with Gasteiger partial charge in [0.2, 0.25) is 0 Å². The summed E-state index contributed by atoms with van der Waals surface area (Å²) in [4.78, 5) is 3.64. The van der Waals surface area contributed by atoms with E-state index >= 15 is 0 Å². The van der Waals surface area contributed by atoms with Crippen LogP contribution in [0, 0.1) is 0 Å². The maximum atomic E-state index is 6.35. The number of fused-ring (bicyclic) bond motifs is 11. The molecule has 0 aliphatic heterocycles. The number of rotatable bonds is 2. The van der Waals surface area contributed by atoms with Gasteiger partial charge < -0.3 is 14.0 Å². The molecule has 0 spiro atoms. The second-order valence-corrected chi connectivity index (χ2v) is 11.5. The van der Waals surface area contributed by atoms with E-state index in [9.17, 15) is 0 Å². The van der Waals surface area contributed by atoms with Crippen molar-refractivity contribution in [2.24, 2.45) is 0 Å². The van der Waals surface area contributed by atoms with Gasteiger partial charge in [-0.25, -0.2) is 0 Å². The van der Waals surface area contributed by atoms with E-state index in [1.54, 1.807) is 0 Å². The average Bonchev–Trinajstić information content (AvgIpc) is 3.72. The number of hydrogen-bond donors (Lipinski definition) is 1. The summed E-state index contributed by atoms with van der Waals surface area (Å²) in [7, 11) is 0. The van der Waals surface area contributed by atoms with Gasteiger partial charge in [-0.2, -0.15) is 0 Å². The molecule has 3 heteroatoms. The summed E-state index contributed by atoms with van der Waals surface area (Å²) in [6.45, 7) is 0. The Hall–Kier alpha value is -5.80. The lowest BCUT2D eigenvalue weighted by atomic mass is 9.99. The second-order valence-electron chi connectivity index (χ2n) is 11.5. The summed E-state index contributed by atoms with van der Waals surface area (Å²) in [6, 6.07) is 50.2. The first-order valence-corrected chi connectivity index (χ1v) is 14.7. The van der Waals surface area contributed by atoms with E-state index in [0.29, 0.717) is 0 Å². The van der Waals surface area contributed by atoms with Crippen molar-refractivity contribution in [3.05, 3.63) is 140 Å². The number of benzene rings is 7. The monoisotopic (exact) mass is 548 g/mol. The summed E-state index contributed by atoms with van der Waals surface area (Å²) in [5.74, 6) is 0. The van der Waals surface area contributed by atoms with Crippen LogP contribution in [0.5, 0.6) is 0 Å². The number of aromatic nitrogens is 2. The predicted molar refractivity (Wildman–Crippen MR) is 180 cm³/mol. The van der Waals surface area contributed by atoms with E-state index in [1.807, 2.05) is 0 Å². The van der Waals surface area contributed by atoms with Gasteiger partial charge in [0, 0.05) is 49.6 Å². The van der Waals surface area contributed by atoms with Crippen LogP contribution in [-0.2, 0) is 0 Å². The molecule has 10 aromatic rings. The molecule has 3 nitrogen and oxygen atoms in total. The quantitative estimate of drug-likeness (QED) is 0.229. The molecular weight excluding hydrogens is 524 g/mol. The molecular formula is C40H24N2O. The number of nitrogens with one attached hydrogen (secondary N) is 1. The minimum absolute atomic E-state index is 0.908. The maximum absolute atomic E-state index is 6.35. The minimum Gasteiger partial charge on any atom is -0.456 e. The van der Waals surface area contributed by atoms with E-state index in [4.69, 9.17) is 4.42 Å². The van der Waals surface area contributed by atoms with Crippen molar-refractivity contribution in [3.63, 3.8) is 0 Å². The Kier molecular flexibility index (Phi) is 4.45. The Morgan fingerprint density at radius 1 is 0.442 bits per heavy atom. The van der Waals surface area contributed by atoms with Crippen LogP contribution in [0.4, 0.5) is 0 Å². The van der Waals surface area contributed by atoms with E-state index < -0.39 is 0 Å². The topological polar surface area (TPSA) is 33.9 Å². The van der Waals surface area contributed by atoms with Gasteiger partial charge >= 0.3 is 0 Å². The molecule has 0 amide bonds. The van der Waals surface area contributed by atoms with Gasteiger partial charge in [-0.3, -0.25) is 0 Å². The van der Waals surface area contributed by atoms with Crippen molar-refractivity contribution < 1.29 is 4.42 Å². The van der Waals surface area contributed by atoms with Gasteiger partial charge in [-0.1, -0.05) is 78.9 Å². The van der Waals surface area contributed by atoms with Crippen molar-refractivity contribution in [2.45, 2.75) is 0 Å². The standard InChI is InChI=1S/C40H24N2O/c1-2-9-27(10-3-1)42-36-13-7-6-12-29(36)32-21-26(15-18-37(32)42)25-14-17-34-30(20-25)31-22-33-39(23-35(31)41-34)43-38-19-16-24-8-4-5-11-28(24)40(33)38/h1-23,41H. The van der Waals surface area contributed by atoms with E-state index in [2.05, 4.69) is 149 Å². The zero-order valence-electron chi connectivity index (χ0n) is 23.1. The van der Waals surface area contributed by atoms with Crippen LogP contribution in [0.1, 0.15) is 0 Å². The van der Waals surface area contributed by atoms with Gasteiger partial charge in [0.1, 0.15) is 11.2 Å². The largest absolute Gasteiger partial charge is 0.456 e. The fraction of sp³-hybridized carbons (Fsp3) is 0. The van der Waals surface area contributed by atoms with Crippen molar-refractivity contribution >= 4 is 76.3 Å². The van der Waals surface area contributed by atoms with Crippen LogP contribution in [0.15, 0.2) is 144 Å². The summed E-state index contributed by atoms with van der Waals surface area (Å²) >= 11 is 0. The molecule has 3 heterocycles. The van der Waals surface area contributed by atoms with Crippen molar-refractivity contribution in [3.8, 4) is 16.8 Å². The highest BCUT2D eigenvalue weighted by atomic mass is 16.3. The summed E-state index contributed by atoms with van der Waals surface area (Å²) in [6.07, 6.45) is 0. The first-order valence-electron chi connectivity index (χ1n) is 14.7.